The van der Waals surface area contributed by atoms with Crippen molar-refractivity contribution in [3.8, 4) is 11.1 Å². The largest absolute Gasteiger partial charge is 0.511 e. The zero-order chi connectivity index (χ0) is 20.8. The summed E-state index contributed by atoms with van der Waals surface area (Å²) in [5, 5.41) is 19.1. The Bertz CT molecular complexity index is 1280. The van der Waals surface area contributed by atoms with Crippen molar-refractivity contribution < 1.29 is 5.11 Å². The molecule has 0 radical (unpaired) electrons. The minimum Gasteiger partial charge on any atom is -0.511 e. The molecule has 152 valence electrons. The van der Waals surface area contributed by atoms with Gasteiger partial charge in [0.25, 0.3) is 0 Å². The molecule has 4 heterocycles. The predicted octanol–water partition coefficient (Wildman–Crippen LogP) is 4.09. The van der Waals surface area contributed by atoms with Crippen LogP contribution >= 0.6 is 11.6 Å². The quantitative estimate of drug-likeness (QED) is 0.431. The molecule has 1 aliphatic rings. The third-order valence-electron chi connectivity index (χ3n) is 5.75. The van der Waals surface area contributed by atoms with Crippen LogP contribution < -0.4 is 11.1 Å². The van der Waals surface area contributed by atoms with Crippen LogP contribution in [0.1, 0.15) is 24.5 Å². The van der Waals surface area contributed by atoms with Crippen LogP contribution in [0, 0.1) is 0 Å². The van der Waals surface area contributed by atoms with Gasteiger partial charge in [-0.05, 0) is 36.6 Å². The van der Waals surface area contributed by atoms with Crippen molar-refractivity contribution in [1.82, 2.24) is 24.9 Å². The lowest BCUT2D eigenvalue weighted by molar-refractivity contribution is 0.293. The summed E-state index contributed by atoms with van der Waals surface area (Å²) >= 11 is 6.14. The Morgan fingerprint density at radius 1 is 1.23 bits per heavy atom. The summed E-state index contributed by atoms with van der Waals surface area (Å²) < 4.78 is 1.66. The highest BCUT2D eigenvalue weighted by molar-refractivity contribution is 6.31. The Labute approximate surface area is 178 Å². The Kier molecular flexibility index (Phi) is 4.56. The van der Waals surface area contributed by atoms with Crippen molar-refractivity contribution in [2.75, 3.05) is 12.3 Å². The highest BCUT2D eigenvalue weighted by Crippen LogP contribution is 2.33. The Morgan fingerprint density at radius 2 is 2.10 bits per heavy atom. The number of piperidine rings is 1. The number of benzene rings is 1. The summed E-state index contributed by atoms with van der Waals surface area (Å²) in [5.41, 5.74) is 10.6. The highest BCUT2D eigenvalue weighted by atomic mass is 35.5. The molecule has 7 nitrogen and oxygen atoms in total. The first kappa shape index (κ1) is 18.8. The molecule has 3 aromatic heterocycles. The van der Waals surface area contributed by atoms with Crippen molar-refractivity contribution >= 4 is 34.0 Å². The first-order valence-electron chi connectivity index (χ1n) is 9.81. The van der Waals surface area contributed by atoms with Gasteiger partial charge in [-0.15, -0.1) is 0 Å². The molecule has 0 saturated carbocycles. The number of hydrogen-bond acceptors (Lipinski definition) is 6. The standard InChI is InChI=1S/C22H21ClN6O/c1-12(30)18-5-2-13(10-26-18)19-9-21(24)29-22(28-19)17(11-27-29)15-6-7-25-20-8-14(23)3-4-16(15)20/h3-4,6-9,11,13,18,26,30H,1-2,5,10,24H2. The molecule has 0 aliphatic carbocycles. The van der Waals surface area contributed by atoms with Crippen LogP contribution in [0.15, 0.2) is 55.1 Å². The maximum Gasteiger partial charge on any atom is 0.165 e. The molecule has 0 bridgehead atoms. The van der Waals surface area contributed by atoms with Gasteiger partial charge in [-0.2, -0.15) is 9.61 Å². The van der Waals surface area contributed by atoms with E-state index in [1.165, 1.54) is 0 Å². The number of halogens is 1. The molecular weight excluding hydrogens is 400 g/mol. The van der Waals surface area contributed by atoms with Gasteiger partial charge >= 0.3 is 0 Å². The summed E-state index contributed by atoms with van der Waals surface area (Å²) in [6, 6.07) is 9.43. The first-order chi connectivity index (χ1) is 14.5. The molecule has 1 aromatic carbocycles. The number of pyridine rings is 1. The smallest absolute Gasteiger partial charge is 0.165 e. The van der Waals surface area contributed by atoms with Gasteiger partial charge in [-0.1, -0.05) is 24.2 Å². The van der Waals surface area contributed by atoms with E-state index in [0.717, 1.165) is 40.6 Å². The lowest BCUT2D eigenvalue weighted by atomic mass is 9.91. The van der Waals surface area contributed by atoms with E-state index in [1.54, 1.807) is 16.9 Å². The summed E-state index contributed by atoms with van der Waals surface area (Å²) in [4.78, 5) is 9.37. The van der Waals surface area contributed by atoms with E-state index < -0.39 is 0 Å². The second-order valence-electron chi connectivity index (χ2n) is 7.65. The summed E-state index contributed by atoms with van der Waals surface area (Å²) in [6.45, 7) is 4.33. The van der Waals surface area contributed by atoms with Crippen LogP contribution in [0.25, 0.3) is 27.7 Å². The maximum absolute atomic E-state index is 9.64. The fourth-order valence-corrected chi connectivity index (χ4v) is 4.32. The lowest BCUT2D eigenvalue weighted by Gasteiger charge is -2.29. The lowest BCUT2D eigenvalue weighted by Crippen LogP contribution is -2.39. The van der Waals surface area contributed by atoms with Gasteiger partial charge in [0.1, 0.15) is 11.6 Å². The van der Waals surface area contributed by atoms with E-state index in [2.05, 4.69) is 22.0 Å². The van der Waals surface area contributed by atoms with E-state index in [1.807, 2.05) is 30.3 Å². The van der Waals surface area contributed by atoms with E-state index >= 15 is 0 Å². The van der Waals surface area contributed by atoms with Gasteiger partial charge in [0.2, 0.25) is 0 Å². The van der Waals surface area contributed by atoms with Gasteiger partial charge in [0.05, 0.1) is 23.4 Å². The summed E-state index contributed by atoms with van der Waals surface area (Å²) in [6.07, 6.45) is 5.24. The molecule has 2 atom stereocenters. The monoisotopic (exact) mass is 420 g/mol. The molecular formula is C22H21ClN6O. The van der Waals surface area contributed by atoms with Crippen molar-refractivity contribution in [2.24, 2.45) is 0 Å². The molecule has 1 fully saturated rings. The van der Waals surface area contributed by atoms with Gasteiger partial charge in [-0.25, -0.2) is 4.98 Å². The van der Waals surface area contributed by atoms with E-state index in [-0.39, 0.29) is 17.7 Å². The maximum atomic E-state index is 9.64. The summed E-state index contributed by atoms with van der Waals surface area (Å²) in [7, 11) is 0. The number of aliphatic hydroxyl groups excluding tert-OH is 1. The van der Waals surface area contributed by atoms with Crippen LogP contribution in [0.4, 0.5) is 5.82 Å². The summed E-state index contributed by atoms with van der Waals surface area (Å²) in [5.74, 6) is 0.916. The molecule has 1 saturated heterocycles. The molecule has 0 spiro atoms. The molecule has 8 heteroatoms. The number of aliphatic hydroxyl groups is 1. The number of aromatic nitrogens is 4. The van der Waals surface area contributed by atoms with Crippen molar-refractivity contribution in [2.45, 2.75) is 24.8 Å². The Morgan fingerprint density at radius 3 is 2.87 bits per heavy atom. The predicted molar refractivity (Wildman–Crippen MR) is 119 cm³/mol. The average molecular weight is 421 g/mol. The van der Waals surface area contributed by atoms with Gasteiger partial charge in [-0.3, -0.25) is 4.98 Å². The van der Waals surface area contributed by atoms with Crippen molar-refractivity contribution in [3.63, 3.8) is 0 Å². The number of fused-ring (bicyclic) bond motifs is 2. The van der Waals surface area contributed by atoms with Gasteiger partial charge in [0, 0.05) is 40.7 Å². The third kappa shape index (κ3) is 3.16. The van der Waals surface area contributed by atoms with E-state index in [4.69, 9.17) is 22.3 Å². The Hall–Kier alpha value is -3.16. The van der Waals surface area contributed by atoms with Crippen LogP contribution in [0.5, 0.6) is 0 Å². The zero-order valence-electron chi connectivity index (χ0n) is 16.2. The number of nitrogens with two attached hydrogens (primary N) is 1. The number of rotatable bonds is 3. The fourth-order valence-electron chi connectivity index (χ4n) is 4.15. The second kappa shape index (κ2) is 7.27. The second-order valence-corrected chi connectivity index (χ2v) is 8.08. The Balaban J connectivity index is 1.60. The molecule has 1 aliphatic heterocycles. The topological polar surface area (TPSA) is 101 Å². The van der Waals surface area contributed by atoms with Crippen molar-refractivity contribution in [1.29, 1.82) is 0 Å². The zero-order valence-corrected chi connectivity index (χ0v) is 17.0. The molecule has 4 aromatic rings. The minimum atomic E-state index is -0.0668. The molecule has 4 N–H and O–H groups in total. The van der Waals surface area contributed by atoms with E-state index in [0.29, 0.717) is 23.0 Å². The minimum absolute atomic E-state index is 0.0668. The molecule has 0 amide bonds. The van der Waals surface area contributed by atoms with Gasteiger partial charge < -0.3 is 16.2 Å². The SMILES string of the molecule is C=C(O)C1CCC(c2cc(N)n3ncc(-c4ccnc5cc(Cl)ccc45)c3n2)CN1. The number of nitrogens with one attached hydrogen (secondary N) is 1. The molecule has 5 rings (SSSR count). The number of anilines is 1. The molecule has 30 heavy (non-hydrogen) atoms. The third-order valence-corrected chi connectivity index (χ3v) is 5.98. The number of nitrogens with zero attached hydrogens (tertiary/aromatic N) is 4. The van der Waals surface area contributed by atoms with Crippen LogP contribution in [0.2, 0.25) is 5.02 Å². The normalized spacial score (nSPS) is 19.4. The van der Waals surface area contributed by atoms with Crippen LogP contribution in [-0.2, 0) is 0 Å². The number of hydrogen-bond donors (Lipinski definition) is 3. The van der Waals surface area contributed by atoms with E-state index in [9.17, 15) is 5.11 Å². The number of nitrogen functional groups attached to an aromatic ring is 1. The highest BCUT2D eigenvalue weighted by Gasteiger charge is 2.25. The first-order valence-corrected chi connectivity index (χ1v) is 10.2. The molecule has 2 unspecified atom stereocenters. The van der Waals surface area contributed by atoms with Crippen LogP contribution in [0.3, 0.4) is 0 Å². The average Bonchev–Trinajstić information content (AvgIpc) is 3.17. The van der Waals surface area contributed by atoms with Crippen molar-refractivity contribution in [3.05, 3.63) is 65.8 Å². The van der Waals surface area contributed by atoms with Gasteiger partial charge in [0.15, 0.2) is 5.65 Å². The fraction of sp³-hybridized carbons (Fsp3) is 0.227. The van der Waals surface area contributed by atoms with Crippen LogP contribution in [-0.4, -0.2) is 37.3 Å².